The lowest BCUT2D eigenvalue weighted by Crippen LogP contribution is -2.19. The average molecular weight is 393 g/mol. The topological polar surface area (TPSA) is 67.8 Å². The van der Waals surface area contributed by atoms with E-state index in [-0.39, 0.29) is 12.3 Å². The molecule has 3 aromatic carbocycles. The zero-order chi connectivity index (χ0) is 19.8. The molecule has 0 heterocycles. The predicted molar refractivity (Wildman–Crippen MR) is 109 cm³/mol. The van der Waals surface area contributed by atoms with Crippen molar-refractivity contribution in [1.29, 1.82) is 0 Å². The zero-order valence-electron chi connectivity index (χ0n) is 14.8. The van der Waals surface area contributed by atoms with Crippen molar-refractivity contribution in [2.75, 3.05) is 0 Å². The molecule has 0 saturated heterocycles. The van der Waals surface area contributed by atoms with Gasteiger partial charge in [-0.15, -0.1) is 0 Å². The normalized spacial score (nSPS) is 10.6. The summed E-state index contributed by atoms with van der Waals surface area (Å²) in [6, 6.07) is 22.7. The van der Waals surface area contributed by atoms with Gasteiger partial charge >= 0.3 is 5.97 Å². The lowest BCUT2D eigenvalue weighted by Gasteiger charge is -2.05. The van der Waals surface area contributed by atoms with E-state index in [1.165, 1.54) is 6.21 Å². The molecule has 0 bridgehead atoms. The maximum atomic E-state index is 12.2. The van der Waals surface area contributed by atoms with Crippen LogP contribution in [0.15, 0.2) is 84.0 Å². The highest BCUT2D eigenvalue weighted by molar-refractivity contribution is 6.30. The Hall–Kier alpha value is -3.44. The van der Waals surface area contributed by atoms with Crippen molar-refractivity contribution in [3.63, 3.8) is 0 Å². The van der Waals surface area contributed by atoms with Gasteiger partial charge in [-0.1, -0.05) is 54.1 Å². The van der Waals surface area contributed by atoms with E-state index in [1.54, 1.807) is 48.5 Å². The minimum absolute atomic E-state index is 0.215. The van der Waals surface area contributed by atoms with Crippen molar-refractivity contribution in [3.8, 4) is 5.75 Å². The number of benzene rings is 3. The molecule has 0 unspecified atom stereocenters. The van der Waals surface area contributed by atoms with E-state index in [0.29, 0.717) is 21.9 Å². The highest BCUT2D eigenvalue weighted by Gasteiger charge is 2.08. The predicted octanol–water partition coefficient (Wildman–Crippen LogP) is 4.25. The molecule has 3 rings (SSSR count). The maximum Gasteiger partial charge on any atom is 0.343 e. The van der Waals surface area contributed by atoms with Crippen molar-refractivity contribution in [3.05, 3.63) is 101 Å². The van der Waals surface area contributed by atoms with Gasteiger partial charge in [0.05, 0.1) is 18.2 Å². The summed E-state index contributed by atoms with van der Waals surface area (Å²) in [6.45, 7) is 0. The molecule has 0 fully saturated rings. The molecule has 0 saturated carbocycles. The second-order valence-corrected chi connectivity index (χ2v) is 6.36. The Morgan fingerprint density at radius 1 is 0.964 bits per heavy atom. The van der Waals surface area contributed by atoms with E-state index in [4.69, 9.17) is 16.3 Å². The van der Waals surface area contributed by atoms with Crippen molar-refractivity contribution < 1.29 is 14.3 Å². The first-order valence-electron chi connectivity index (χ1n) is 8.54. The van der Waals surface area contributed by atoms with E-state index >= 15 is 0 Å². The molecule has 28 heavy (non-hydrogen) atoms. The molecule has 0 aliphatic rings. The lowest BCUT2D eigenvalue weighted by molar-refractivity contribution is -0.120. The van der Waals surface area contributed by atoms with Gasteiger partial charge in [-0.3, -0.25) is 4.79 Å². The van der Waals surface area contributed by atoms with Gasteiger partial charge in [-0.2, -0.15) is 5.10 Å². The fourth-order valence-electron chi connectivity index (χ4n) is 2.41. The summed E-state index contributed by atoms with van der Waals surface area (Å²) >= 11 is 5.82. The van der Waals surface area contributed by atoms with Crippen LogP contribution in [0.1, 0.15) is 21.5 Å². The van der Waals surface area contributed by atoms with Gasteiger partial charge in [0.2, 0.25) is 5.91 Å². The molecule has 1 N–H and O–H groups in total. The summed E-state index contributed by atoms with van der Waals surface area (Å²) in [4.78, 5) is 24.0. The minimum Gasteiger partial charge on any atom is -0.423 e. The second-order valence-electron chi connectivity index (χ2n) is 5.92. The van der Waals surface area contributed by atoms with Crippen molar-refractivity contribution in [1.82, 2.24) is 5.43 Å². The lowest BCUT2D eigenvalue weighted by atomic mass is 10.1. The summed E-state index contributed by atoms with van der Waals surface area (Å²) in [6.07, 6.45) is 1.74. The highest BCUT2D eigenvalue weighted by Crippen LogP contribution is 2.16. The Morgan fingerprint density at radius 3 is 2.46 bits per heavy atom. The van der Waals surface area contributed by atoms with Crippen LogP contribution in [-0.4, -0.2) is 18.1 Å². The standard InChI is InChI=1S/C22H17ClN2O3/c23-19-11-9-18(10-12-19)22(27)28-20-8-4-7-17(13-20)15-24-25-21(26)14-16-5-2-1-3-6-16/h1-13,15H,14H2,(H,25,26)/b24-15+. The molecule has 0 aromatic heterocycles. The van der Waals surface area contributed by atoms with E-state index in [9.17, 15) is 9.59 Å². The number of carbonyl (C=O) groups excluding carboxylic acids is 2. The quantitative estimate of drug-likeness (QED) is 0.295. The molecule has 1 amide bonds. The number of carbonyl (C=O) groups is 2. The second kappa shape index (κ2) is 9.48. The number of rotatable bonds is 6. The summed E-state index contributed by atoms with van der Waals surface area (Å²) in [5.74, 6) is -0.325. The molecule has 0 atom stereocenters. The molecular formula is C22H17ClN2O3. The first-order chi connectivity index (χ1) is 13.6. The number of hydrogen-bond acceptors (Lipinski definition) is 4. The number of hydrazone groups is 1. The third-order valence-corrected chi connectivity index (χ3v) is 4.01. The largest absolute Gasteiger partial charge is 0.423 e. The molecular weight excluding hydrogens is 376 g/mol. The van der Waals surface area contributed by atoms with E-state index in [0.717, 1.165) is 5.56 Å². The van der Waals surface area contributed by atoms with Gasteiger partial charge in [0.25, 0.3) is 0 Å². The van der Waals surface area contributed by atoms with Crippen LogP contribution in [0.2, 0.25) is 5.02 Å². The highest BCUT2D eigenvalue weighted by atomic mass is 35.5. The van der Waals surface area contributed by atoms with Gasteiger partial charge in [0, 0.05) is 5.02 Å². The van der Waals surface area contributed by atoms with E-state index < -0.39 is 5.97 Å². The molecule has 0 aliphatic carbocycles. The molecule has 3 aromatic rings. The number of ether oxygens (including phenoxy) is 1. The van der Waals surface area contributed by atoms with Crippen LogP contribution in [-0.2, 0) is 11.2 Å². The number of nitrogens with one attached hydrogen (secondary N) is 1. The van der Waals surface area contributed by atoms with Crippen LogP contribution in [0.4, 0.5) is 0 Å². The summed E-state index contributed by atoms with van der Waals surface area (Å²) in [7, 11) is 0. The van der Waals surface area contributed by atoms with Crippen LogP contribution >= 0.6 is 11.6 Å². The Balaban J connectivity index is 1.56. The number of esters is 1. The Bertz CT molecular complexity index is 986. The van der Waals surface area contributed by atoms with Crippen LogP contribution in [0.25, 0.3) is 0 Å². The molecule has 6 heteroatoms. The van der Waals surface area contributed by atoms with Gasteiger partial charge in [0.15, 0.2) is 0 Å². The Labute approximate surface area is 167 Å². The third kappa shape index (κ3) is 5.79. The fraction of sp³-hybridized carbons (Fsp3) is 0.0455. The molecule has 5 nitrogen and oxygen atoms in total. The average Bonchev–Trinajstić information content (AvgIpc) is 2.69. The number of amides is 1. The van der Waals surface area contributed by atoms with Crippen LogP contribution < -0.4 is 10.2 Å². The Morgan fingerprint density at radius 2 is 1.71 bits per heavy atom. The van der Waals surface area contributed by atoms with Crippen LogP contribution in [0.3, 0.4) is 0 Å². The van der Waals surface area contributed by atoms with E-state index in [1.807, 2.05) is 30.3 Å². The first kappa shape index (κ1) is 19.3. The monoisotopic (exact) mass is 392 g/mol. The summed E-state index contributed by atoms with van der Waals surface area (Å²) in [5.41, 5.74) is 4.47. The molecule has 0 aliphatic heterocycles. The number of nitrogens with zero attached hydrogens (tertiary/aromatic N) is 1. The fourth-order valence-corrected chi connectivity index (χ4v) is 2.54. The summed E-state index contributed by atoms with van der Waals surface area (Å²) < 4.78 is 5.36. The maximum absolute atomic E-state index is 12.2. The zero-order valence-corrected chi connectivity index (χ0v) is 15.6. The molecule has 0 radical (unpaired) electrons. The number of hydrogen-bond donors (Lipinski definition) is 1. The first-order valence-corrected chi connectivity index (χ1v) is 8.91. The smallest absolute Gasteiger partial charge is 0.343 e. The van der Waals surface area contributed by atoms with Crippen molar-refractivity contribution in [2.24, 2.45) is 5.10 Å². The molecule has 140 valence electrons. The van der Waals surface area contributed by atoms with Gasteiger partial charge in [-0.25, -0.2) is 10.2 Å². The Kier molecular flexibility index (Phi) is 6.54. The van der Waals surface area contributed by atoms with Crippen molar-refractivity contribution in [2.45, 2.75) is 6.42 Å². The van der Waals surface area contributed by atoms with Gasteiger partial charge in [0.1, 0.15) is 5.75 Å². The van der Waals surface area contributed by atoms with Gasteiger partial charge < -0.3 is 4.74 Å². The minimum atomic E-state index is -0.484. The molecule has 0 spiro atoms. The van der Waals surface area contributed by atoms with Gasteiger partial charge in [-0.05, 0) is 47.5 Å². The van der Waals surface area contributed by atoms with Crippen LogP contribution in [0, 0.1) is 0 Å². The number of halogens is 1. The van der Waals surface area contributed by atoms with E-state index in [2.05, 4.69) is 10.5 Å². The SMILES string of the molecule is O=C(Cc1ccccc1)N/N=C/c1cccc(OC(=O)c2ccc(Cl)cc2)c1. The summed E-state index contributed by atoms with van der Waals surface area (Å²) in [5, 5.41) is 4.49. The third-order valence-electron chi connectivity index (χ3n) is 3.76. The van der Waals surface area contributed by atoms with Crippen molar-refractivity contribution >= 4 is 29.7 Å². The van der Waals surface area contributed by atoms with Crippen LogP contribution in [0.5, 0.6) is 5.75 Å².